The van der Waals surface area contributed by atoms with Crippen LogP contribution in [0, 0.1) is 13.8 Å². The van der Waals surface area contributed by atoms with E-state index < -0.39 is 0 Å². The highest BCUT2D eigenvalue weighted by Crippen LogP contribution is 2.39. The number of para-hydroxylation sites is 2. The number of aryl methyl sites for hydroxylation is 2. The van der Waals surface area contributed by atoms with Gasteiger partial charge in [-0.3, -0.25) is 0 Å². The van der Waals surface area contributed by atoms with Crippen molar-refractivity contribution in [2.75, 3.05) is 9.80 Å². The molecule has 78 heavy (non-hydrogen) atoms. The summed E-state index contributed by atoms with van der Waals surface area (Å²) in [6, 6.07) is 104. The lowest BCUT2D eigenvalue weighted by Crippen LogP contribution is -2.11. The summed E-state index contributed by atoms with van der Waals surface area (Å²) >= 11 is 0. The van der Waals surface area contributed by atoms with Gasteiger partial charge in [0.25, 0.3) is 0 Å². The van der Waals surface area contributed by atoms with Gasteiger partial charge in [0.15, 0.2) is 0 Å². The van der Waals surface area contributed by atoms with E-state index in [0.29, 0.717) is 0 Å². The smallest absolute Gasteiger partial charge is 0.0490 e. The van der Waals surface area contributed by atoms with Crippen LogP contribution in [-0.2, 0) is 0 Å². The summed E-state index contributed by atoms with van der Waals surface area (Å²) in [7, 11) is 0. The Balaban J connectivity index is 0.771. The van der Waals surface area contributed by atoms with Crippen LogP contribution >= 0.6 is 0 Å². The van der Waals surface area contributed by atoms with Crippen LogP contribution in [0.5, 0.6) is 0 Å². The van der Waals surface area contributed by atoms with E-state index in [0.717, 1.165) is 67.5 Å². The first-order valence-electron chi connectivity index (χ1n) is 26.7. The van der Waals surface area contributed by atoms with Crippen molar-refractivity contribution in [3.05, 3.63) is 358 Å². The van der Waals surface area contributed by atoms with Crippen LogP contribution in [0.1, 0.15) is 66.8 Å². The molecule has 0 radical (unpaired) electrons. The third-order valence-electron chi connectivity index (χ3n) is 14.2. The first kappa shape index (κ1) is 50.2. The molecule has 0 aliphatic rings. The zero-order valence-electron chi connectivity index (χ0n) is 44.1. The molecule has 0 aliphatic heterocycles. The molecule has 0 saturated heterocycles. The van der Waals surface area contributed by atoms with Crippen LogP contribution in [0.2, 0.25) is 0 Å². The number of rotatable bonds is 16. The maximum atomic E-state index is 2.35. The molecular weight excluding hydrogens is 941 g/mol. The molecule has 11 aromatic rings. The van der Waals surface area contributed by atoms with Crippen molar-refractivity contribution in [1.29, 1.82) is 0 Å². The maximum absolute atomic E-state index is 2.35. The van der Waals surface area contributed by atoms with Gasteiger partial charge in [0, 0.05) is 34.1 Å². The molecule has 0 heterocycles. The molecule has 0 N–H and O–H groups in total. The van der Waals surface area contributed by atoms with Gasteiger partial charge in [-0.15, -0.1) is 0 Å². The highest BCUT2D eigenvalue weighted by atomic mass is 15.1. The van der Waals surface area contributed by atoms with E-state index >= 15 is 0 Å². The third kappa shape index (κ3) is 12.1. The van der Waals surface area contributed by atoms with Crippen LogP contribution in [-0.4, -0.2) is 0 Å². The number of anilines is 6. The molecule has 0 atom stereocenters. The Labute approximate surface area is 460 Å². The Kier molecular flexibility index (Phi) is 15.5. The van der Waals surface area contributed by atoms with Crippen molar-refractivity contribution in [3.8, 4) is 0 Å². The average Bonchev–Trinajstić information content (AvgIpc) is 3.50. The molecule has 0 unspecified atom stereocenters. The lowest BCUT2D eigenvalue weighted by Gasteiger charge is -2.27. The van der Waals surface area contributed by atoms with E-state index in [-0.39, 0.29) is 0 Å². The fraction of sp³-hybridized carbons (Fsp3) is 0.0263. The highest BCUT2D eigenvalue weighted by molar-refractivity contribution is 5.93. The summed E-state index contributed by atoms with van der Waals surface area (Å²) in [6.07, 6.45) is 13.3. The standard InChI is InChI=1S/C76H60N2/c1-57-19-15-17-29-75(57)77(71-51-43-63(44-52-71)55-73(65-21-7-3-8-22-65)66-23-9-4-10-24-66)69-47-39-61(40-48-69)37-35-59-31-33-60(34-32-59)36-38-62-41-49-70(50-42-62)78(76-30-18-16-20-58(76)2)72-53-45-64(46-54-72)56-74(67-25-11-5-12-26-67)68-27-13-6-14-28-68/h3-56H,1-2H3. The SMILES string of the molecule is Cc1ccccc1N(c1ccc(C=Cc2ccc(C=Cc3ccc(N(c4ccc(C=C(c5ccccc5)c5ccccc5)cc4)c4ccccc4C)cc3)cc2)cc1)c1ccc(C=C(c2ccccc2)c2ccccc2)cc1. The topological polar surface area (TPSA) is 6.48 Å². The van der Waals surface area contributed by atoms with Gasteiger partial charge in [0.05, 0.1) is 0 Å². The Morgan fingerprint density at radius 2 is 0.449 bits per heavy atom. The van der Waals surface area contributed by atoms with Crippen LogP contribution in [0.4, 0.5) is 34.1 Å². The van der Waals surface area contributed by atoms with Crippen molar-refractivity contribution in [2.24, 2.45) is 0 Å². The quantitative estimate of drug-likeness (QED) is 0.0890. The molecule has 2 nitrogen and oxygen atoms in total. The van der Waals surface area contributed by atoms with E-state index in [9.17, 15) is 0 Å². The lowest BCUT2D eigenvalue weighted by molar-refractivity contribution is 1.25. The molecule has 0 fully saturated rings. The Morgan fingerprint density at radius 3 is 0.705 bits per heavy atom. The van der Waals surface area contributed by atoms with Gasteiger partial charge in [0.2, 0.25) is 0 Å². The lowest BCUT2D eigenvalue weighted by atomic mass is 9.95. The summed E-state index contributed by atoms with van der Waals surface area (Å²) in [4.78, 5) is 4.69. The second kappa shape index (κ2) is 24.1. The van der Waals surface area contributed by atoms with E-state index in [1.807, 2.05) is 0 Å². The molecule has 0 saturated carbocycles. The van der Waals surface area contributed by atoms with Gasteiger partial charge in [-0.05, 0) is 165 Å². The first-order chi connectivity index (χ1) is 38.5. The second-order valence-electron chi connectivity index (χ2n) is 19.5. The summed E-state index contributed by atoms with van der Waals surface area (Å²) in [5, 5.41) is 0. The van der Waals surface area contributed by atoms with Crippen LogP contribution < -0.4 is 9.80 Å². The molecular formula is C76H60N2. The monoisotopic (exact) mass is 1000 g/mol. The minimum atomic E-state index is 1.10. The molecule has 2 heteroatoms. The van der Waals surface area contributed by atoms with Crippen LogP contribution in [0.15, 0.2) is 291 Å². The van der Waals surface area contributed by atoms with Gasteiger partial charge in [-0.25, -0.2) is 0 Å². The van der Waals surface area contributed by atoms with Gasteiger partial charge in [-0.1, -0.05) is 255 Å². The summed E-state index contributed by atoms with van der Waals surface area (Å²) < 4.78 is 0. The van der Waals surface area contributed by atoms with E-state index in [4.69, 9.17) is 0 Å². The molecule has 374 valence electrons. The highest BCUT2D eigenvalue weighted by Gasteiger charge is 2.17. The maximum Gasteiger partial charge on any atom is 0.0490 e. The summed E-state index contributed by atoms with van der Waals surface area (Å²) in [5.74, 6) is 0. The largest absolute Gasteiger partial charge is 0.310 e. The molecule has 0 aromatic heterocycles. The minimum absolute atomic E-state index is 1.10. The van der Waals surface area contributed by atoms with Gasteiger partial charge >= 0.3 is 0 Å². The molecule has 11 aromatic carbocycles. The normalized spacial score (nSPS) is 11.1. The van der Waals surface area contributed by atoms with E-state index in [2.05, 4.69) is 351 Å². The number of nitrogens with zero attached hydrogens (tertiary/aromatic N) is 2. The fourth-order valence-electron chi connectivity index (χ4n) is 9.97. The van der Waals surface area contributed by atoms with Gasteiger partial charge < -0.3 is 9.80 Å². The number of benzene rings is 11. The average molecular weight is 1000 g/mol. The van der Waals surface area contributed by atoms with Crippen LogP contribution in [0.3, 0.4) is 0 Å². The predicted octanol–water partition coefficient (Wildman–Crippen LogP) is 20.8. The van der Waals surface area contributed by atoms with Crippen molar-refractivity contribution >= 4 is 81.7 Å². The third-order valence-corrected chi connectivity index (χ3v) is 14.2. The molecule has 0 amide bonds. The number of hydrogen-bond acceptors (Lipinski definition) is 2. The minimum Gasteiger partial charge on any atom is -0.310 e. The first-order valence-corrected chi connectivity index (χ1v) is 26.7. The van der Waals surface area contributed by atoms with Gasteiger partial charge in [0.1, 0.15) is 0 Å². The predicted molar refractivity (Wildman–Crippen MR) is 336 cm³/mol. The molecule has 0 bridgehead atoms. The summed E-state index contributed by atoms with van der Waals surface area (Å²) in [6.45, 7) is 4.35. The van der Waals surface area contributed by atoms with Gasteiger partial charge in [-0.2, -0.15) is 0 Å². The van der Waals surface area contributed by atoms with E-state index in [1.54, 1.807) is 0 Å². The van der Waals surface area contributed by atoms with E-state index in [1.165, 1.54) is 44.5 Å². The number of hydrogen-bond donors (Lipinski definition) is 0. The second-order valence-corrected chi connectivity index (χ2v) is 19.5. The Morgan fingerprint density at radius 1 is 0.231 bits per heavy atom. The molecule has 0 aliphatic carbocycles. The zero-order chi connectivity index (χ0) is 52.9. The molecule has 11 rings (SSSR count). The van der Waals surface area contributed by atoms with Crippen molar-refractivity contribution in [3.63, 3.8) is 0 Å². The van der Waals surface area contributed by atoms with Crippen LogP contribution in [0.25, 0.3) is 47.6 Å². The summed E-state index contributed by atoms with van der Waals surface area (Å²) in [5.41, 5.74) is 23.1. The van der Waals surface area contributed by atoms with Crippen molar-refractivity contribution in [2.45, 2.75) is 13.8 Å². The Hall–Kier alpha value is -10.0. The zero-order valence-corrected chi connectivity index (χ0v) is 44.1. The molecule has 0 spiro atoms. The van der Waals surface area contributed by atoms with Crippen molar-refractivity contribution < 1.29 is 0 Å². The fourth-order valence-corrected chi connectivity index (χ4v) is 9.97. The Bertz CT molecular complexity index is 3500. The van der Waals surface area contributed by atoms with Crippen molar-refractivity contribution in [1.82, 2.24) is 0 Å².